The van der Waals surface area contributed by atoms with Crippen LogP contribution in [0, 0.1) is 0 Å². The number of carbonyl (C=O) groups excluding carboxylic acids is 1. The Hall–Kier alpha value is -2.10. The van der Waals surface area contributed by atoms with Gasteiger partial charge in [0, 0.05) is 17.6 Å². The number of rotatable bonds is 4. The van der Waals surface area contributed by atoms with Crippen LogP contribution < -0.4 is 5.43 Å². The minimum Gasteiger partial charge on any atom is -0.465 e. The molecule has 100 valence electrons. The fourth-order valence-electron chi connectivity index (χ4n) is 2.06. The maximum absolute atomic E-state index is 11.9. The number of carbonyl (C=O) groups is 1. The largest absolute Gasteiger partial charge is 0.465 e. The van der Waals surface area contributed by atoms with Gasteiger partial charge < -0.3 is 9.30 Å². The molecule has 0 aliphatic carbocycles. The minimum atomic E-state index is -0.299. The highest BCUT2D eigenvalue weighted by molar-refractivity contribution is 5.81. The number of aromatic nitrogens is 1. The van der Waals surface area contributed by atoms with E-state index in [2.05, 4.69) is 0 Å². The van der Waals surface area contributed by atoms with Gasteiger partial charge in [0.05, 0.1) is 12.1 Å². The topological polar surface area (TPSA) is 48.3 Å². The maximum Gasteiger partial charge on any atom is 0.325 e. The summed E-state index contributed by atoms with van der Waals surface area (Å²) in [5, 5.41) is 0.645. The fraction of sp³-hybridized carbons (Fsp3) is 0.333. The summed E-state index contributed by atoms with van der Waals surface area (Å²) in [5.74, 6) is -0.299. The van der Waals surface area contributed by atoms with Crippen LogP contribution in [0.5, 0.6) is 0 Å². The molecule has 4 nitrogen and oxygen atoms in total. The van der Waals surface area contributed by atoms with Crippen LogP contribution in [0.4, 0.5) is 0 Å². The Bertz CT molecular complexity index is 658. The second kappa shape index (κ2) is 5.69. The molecule has 0 spiro atoms. The number of hydrogen-bond acceptors (Lipinski definition) is 3. The van der Waals surface area contributed by atoms with Gasteiger partial charge in [-0.05, 0) is 31.0 Å². The van der Waals surface area contributed by atoms with Crippen molar-refractivity contribution in [1.82, 2.24) is 4.57 Å². The normalized spacial score (nSPS) is 10.6. The summed E-state index contributed by atoms with van der Waals surface area (Å²) >= 11 is 0. The second-order valence-corrected chi connectivity index (χ2v) is 4.32. The van der Waals surface area contributed by atoms with Crippen LogP contribution in [-0.4, -0.2) is 17.1 Å². The number of aryl methyl sites for hydroxylation is 1. The van der Waals surface area contributed by atoms with Crippen LogP contribution in [0.1, 0.15) is 19.4 Å². The van der Waals surface area contributed by atoms with Crippen molar-refractivity contribution in [2.45, 2.75) is 26.8 Å². The zero-order chi connectivity index (χ0) is 13.8. The highest BCUT2D eigenvalue weighted by Gasteiger charge is 2.07. The molecule has 0 saturated carbocycles. The van der Waals surface area contributed by atoms with Crippen molar-refractivity contribution >= 4 is 16.9 Å². The van der Waals surface area contributed by atoms with Gasteiger partial charge in [0.1, 0.15) is 6.54 Å². The molecule has 0 bridgehead atoms. The fourth-order valence-corrected chi connectivity index (χ4v) is 2.06. The number of fused-ring (bicyclic) bond motifs is 1. The van der Waals surface area contributed by atoms with Crippen LogP contribution in [0.2, 0.25) is 0 Å². The summed E-state index contributed by atoms with van der Waals surface area (Å²) in [5.41, 5.74) is 1.85. The van der Waals surface area contributed by atoms with E-state index >= 15 is 0 Å². The molecule has 19 heavy (non-hydrogen) atoms. The first kappa shape index (κ1) is 13.3. The quantitative estimate of drug-likeness (QED) is 0.790. The summed E-state index contributed by atoms with van der Waals surface area (Å²) in [4.78, 5) is 23.4. The predicted octanol–water partition coefficient (Wildman–Crippen LogP) is 2.13. The number of benzene rings is 1. The summed E-state index contributed by atoms with van der Waals surface area (Å²) in [7, 11) is 0. The highest BCUT2D eigenvalue weighted by atomic mass is 16.5. The Kier molecular flexibility index (Phi) is 4.00. The smallest absolute Gasteiger partial charge is 0.325 e. The van der Waals surface area contributed by atoms with E-state index in [-0.39, 0.29) is 17.9 Å². The standard InChI is InChI=1S/C15H17NO3/c1-3-11-5-6-13-12(9-11)14(17)7-8-16(13)10-15(18)19-4-2/h5-9H,3-4,10H2,1-2H3. The Balaban J connectivity index is 2.48. The lowest BCUT2D eigenvalue weighted by Gasteiger charge is -2.10. The van der Waals surface area contributed by atoms with Gasteiger partial charge in [-0.15, -0.1) is 0 Å². The monoisotopic (exact) mass is 259 g/mol. The van der Waals surface area contributed by atoms with Crippen molar-refractivity contribution in [2.75, 3.05) is 6.61 Å². The molecule has 0 fully saturated rings. The van der Waals surface area contributed by atoms with Crippen molar-refractivity contribution in [3.8, 4) is 0 Å². The highest BCUT2D eigenvalue weighted by Crippen LogP contribution is 2.13. The van der Waals surface area contributed by atoms with Gasteiger partial charge in [0.25, 0.3) is 0 Å². The third-order valence-corrected chi connectivity index (χ3v) is 3.05. The van der Waals surface area contributed by atoms with E-state index in [4.69, 9.17) is 4.74 Å². The zero-order valence-electron chi connectivity index (χ0n) is 11.2. The Labute approximate surface area is 111 Å². The lowest BCUT2D eigenvalue weighted by Crippen LogP contribution is -2.16. The third-order valence-electron chi connectivity index (χ3n) is 3.05. The summed E-state index contributed by atoms with van der Waals surface area (Å²) in [6.45, 7) is 4.29. The average Bonchev–Trinajstić information content (AvgIpc) is 2.42. The lowest BCUT2D eigenvalue weighted by atomic mass is 10.1. The van der Waals surface area contributed by atoms with Gasteiger partial charge in [-0.3, -0.25) is 9.59 Å². The molecule has 1 heterocycles. The molecule has 0 unspecified atom stereocenters. The minimum absolute atomic E-state index is 0.0228. The molecule has 0 saturated heterocycles. The van der Waals surface area contributed by atoms with Crippen molar-refractivity contribution in [1.29, 1.82) is 0 Å². The predicted molar refractivity (Wildman–Crippen MR) is 74.2 cm³/mol. The molecule has 0 radical (unpaired) electrons. The van der Waals surface area contributed by atoms with Crippen LogP contribution in [0.15, 0.2) is 35.3 Å². The number of pyridine rings is 1. The number of esters is 1. The molecular weight excluding hydrogens is 242 g/mol. The van der Waals surface area contributed by atoms with E-state index < -0.39 is 0 Å². The average molecular weight is 259 g/mol. The summed E-state index contributed by atoms with van der Waals surface area (Å²) in [6.07, 6.45) is 2.51. The second-order valence-electron chi connectivity index (χ2n) is 4.32. The van der Waals surface area contributed by atoms with Gasteiger partial charge in [-0.2, -0.15) is 0 Å². The van der Waals surface area contributed by atoms with Crippen LogP contribution in [0.25, 0.3) is 10.9 Å². The first-order valence-electron chi connectivity index (χ1n) is 6.43. The van der Waals surface area contributed by atoms with Crippen LogP contribution >= 0.6 is 0 Å². The van der Waals surface area contributed by atoms with E-state index in [9.17, 15) is 9.59 Å². The maximum atomic E-state index is 11.9. The molecule has 4 heteroatoms. The van der Waals surface area contributed by atoms with E-state index in [0.717, 1.165) is 17.5 Å². The molecule has 1 aromatic heterocycles. The molecular formula is C15H17NO3. The molecule has 1 aromatic carbocycles. The summed E-state index contributed by atoms with van der Waals surface area (Å²) < 4.78 is 6.68. The first-order chi connectivity index (χ1) is 9.15. The van der Waals surface area contributed by atoms with Crippen molar-refractivity contribution in [3.05, 3.63) is 46.2 Å². The number of hydrogen-bond donors (Lipinski definition) is 0. The molecule has 2 rings (SSSR count). The van der Waals surface area contributed by atoms with Gasteiger partial charge in [-0.1, -0.05) is 13.0 Å². The SMILES string of the molecule is CCOC(=O)Cn1ccc(=O)c2cc(CC)ccc21. The third kappa shape index (κ3) is 2.84. The van der Waals surface area contributed by atoms with E-state index in [1.165, 1.54) is 6.07 Å². The molecule has 0 atom stereocenters. The molecule has 0 aliphatic heterocycles. The van der Waals surface area contributed by atoms with Gasteiger partial charge in [0.15, 0.2) is 5.43 Å². The van der Waals surface area contributed by atoms with Gasteiger partial charge in [0.2, 0.25) is 0 Å². The van der Waals surface area contributed by atoms with E-state index in [1.807, 2.05) is 25.1 Å². The Morgan fingerprint density at radius 1 is 1.26 bits per heavy atom. The van der Waals surface area contributed by atoms with E-state index in [0.29, 0.717) is 12.0 Å². The van der Waals surface area contributed by atoms with Gasteiger partial charge in [-0.25, -0.2) is 0 Å². The number of nitrogens with zero attached hydrogens (tertiary/aromatic N) is 1. The van der Waals surface area contributed by atoms with E-state index in [1.54, 1.807) is 17.7 Å². The van der Waals surface area contributed by atoms with Crippen molar-refractivity contribution < 1.29 is 9.53 Å². The lowest BCUT2D eigenvalue weighted by molar-refractivity contribution is -0.143. The number of ether oxygens (including phenoxy) is 1. The molecule has 0 aliphatic rings. The van der Waals surface area contributed by atoms with Crippen LogP contribution in [0.3, 0.4) is 0 Å². The molecule has 2 aromatic rings. The van der Waals surface area contributed by atoms with Gasteiger partial charge >= 0.3 is 5.97 Å². The summed E-state index contributed by atoms with van der Waals surface area (Å²) in [6, 6.07) is 7.23. The Morgan fingerprint density at radius 2 is 2.05 bits per heavy atom. The van der Waals surface area contributed by atoms with Crippen LogP contribution in [-0.2, 0) is 22.5 Å². The van der Waals surface area contributed by atoms with Crippen molar-refractivity contribution in [3.63, 3.8) is 0 Å². The first-order valence-corrected chi connectivity index (χ1v) is 6.43. The molecule has 0 amide bonds. The zero-order valence-corrected chi connectivity index (χ0v) is 11.2. The molecule has 0 N–H and O–H groups in total. The van der Waals surface area contributed by atoms with Crippen molar-refractivity contribution in [2.24, 2.45) is 0 Å². The Morgan fingerprint density at radius 3 is 2.74 bits per heavy atom.